The van der Waals surface area contributed by atoms with Crippen LogP contribution in [-0.4, -0.2) is 32.7 Å². The lowest BCUT2D eigenvalue weighted by molar-refractivity contribution is 0.172. The minimum atomic E-state index is 0.577. The fourth-order valence-corrected chi connectivity index (χ4v) is 2.36. The predicted octanol–water partition coefficient (Wildman–Crippen LogP) is 1.68. The molecule has 0 spiro atoms. The zero-order chi connectivity index (χ0) is 14.2. The van der Waals surface area contributed by atoms with Crippen LogP contribution in [0.3, 0.4) is 0 Å². The molecule has 2 aromatic heterocycles. The van der Waals surface area contributed by atoms with Crippen LogP contribution in [0.25, 0.3) is 11.0 Å². The van der Waals surface area contributed by atoms with Crippen LogP contribution in [0.1, 0.15) is 5.82 Å². The molecule has 1 aliphatic rings. The van der Waals surface area contributed by atoms with Crippen LogP contribution in [0.5, 0.6) is 11.5 Å². The number of aromatic nitrogens is 4. The summed E-state index contributed by atoms with van der Waals surface area (Å²) in [7, 11) is 1.96. The number of aromatic amines is 1. The van der Waals surface area contributed by atoms with Crippen molar-refractivity contribution in [2.75, 3.05) is 18.5 Å². The highest BCUT2D eigenvalue weighted by molar-refractivity contribution is 5.81. The number of ether oxygens (including phenoxy) is 2. The fourth-order valence-electron chi connectivity index (χ4n) is 2.36. The summed E-state index contributed by atoms with van der Waals surface area (Å²) in [5, 5.41) is 3.24. The average Bonchev–Trinajstić information content (AvgIpc) is 3.07. The first-order valence-electron chi connectivity index (χ1n) is 6.79. The van der Waals surface area contributed by atoms with Crippen LogP contribution >= 0.6 is 0 Å². The van der Waals surface area contributed by atoms with E-state index in [9.17, 15) is 0 Å². The summed E-state index contributed by atoms with van der Waals surface area (Å²) in [4.78, 5) is 12.0. The standard InChI is InChI=1S/C14H15N5O2/c1-19-3-2-15-13(19)8-16-14-17-9-6-11-12(7-10(9)18-14)21-5-4-20-11/h2-3,6-7H,4-5,8H2,1H3,(H2,16,17,18). The van der Waals surface area contributed by atoms with Crippen molar-refractivity contribution in [2.24, 2.45) is 7.05 Å². The molecule has 0 fully saturated rings. The lowest BCUT2D eigenvalue weighted by Gasteiger charge is -2.17. The van der Waals surface area contributed by atoms with Crippen LogP contribution < -0.4 is 14.8 Å². The van der Waals surface area contributed by atoms with Gasteiger partial charge >= 0.3 is 0 Å². The Morgan fingerprint density at radius 1 is 1.29 bits per heavy atom. The molecular formula is C14H15N5O2. The maximum absolute atomic E-state index is 5.57. The summed E-state index contributed by atoms with van der Waals surface area (Å²) in [5.74, 6) is 3.15. The van der Waals surface area contributed by atoms with Crippen LogP contribution in [0.15, 0.2) is 24.5 Å². The Morgan fingerprint density at radius 2 is 2.10 bits per heavy atom. The number of anilines is 1. The van der Waals surface area contributed by atoms with Gasteiger partial charge in [-0.1, -0.05) is 0 Å². The zero-order valence-electron chi connectivity index (χ0n) is 11.6. The van der Waals surface area contributed by atoms with Gasteiger partial charge in [-0.2, -0.15) is 0 Å². The molecule has 2 N–H and O–H groups in total. The number of nitrogens with one attached hydrogen (secondary N) is 2. The number of rotatable bonds is 3. The number of fused-ring (bicyclic) bond motifs is 2. The molecule has 3 aromatic rings. The predicted molar refractivity (Wildman–Crippen MR) is 77.6 cm³/mol. The largest absolute Gasteiger partial charge is 0.486 e. The third kappa shape index (κ3) is 2.16. The van der Waals surface area contributed by atoms with Crippen molar-refractivity contribution in [3.63, 3.8) is 0 Å². The van der Waals surface area contributed by atoms with E-state index in [1.54, 1.807) is 6.20 Å². The van der Waals surface area contributed by atoms with E-state index in [-0.39, 0.29) is 0 Å². The first kappa shape index (κ1) is 12.1. The minimum Gasteiger partial charge on any atom is -0.486 e. The lowest BCUT2D eigenvalue weighted by atomic mass is 10.2. The molecule has 7 heteroatoms. The molecule has 0 atom stereocenters. The molecule has 7 nitrogen and oxygen atoms in total. The second kappa shape index (κ2) is 4.69. The highest BCUT2D eigenvalue weighted by atomic mass is 16.6. The second-order valence-electron chi connectivity index (χ2n) is 4.91. The molecule has 0 radical (unpaired) electrons. The normalized spacial score (nSPS) is 13.6. The van der Waals surface area contributed by atoms with E-state index in [0.29, 0.717) is 25.7 Å². The van der Waals surface area contributed by atoms with Gasteiger partial charge in [0.15, 0.2) is 11.5 Å². The maximum Gasteiger partial charge on any atom is 0.201 e. The van der Waals surface area contributed by atoms with Crippen molar-refractivity contribution >= 4 is 17.0 Å². The van der Waals surface area contributed by atoms with Crippen molar-refractivity contribution in [1.29, 1.82) is 0 Å². The summed E-state index contributed by atoms with van der Waals surface area (Å²) in [6, 6.07) is 3.81. The molecule has 0 amide bonds. The van der Waals surface area contributed by atoms with E-state index in [1.807, 2.05) is 29.9 Å². The Labute approximate surface area is 120 Å². The van der Waals surface area contributed by atoms with Gasteiger partial charge in [0.2, 0.25) is 5.95 Å². The highest BCUT2D eigenvalue weighted by Gasteiger charge is 2.14. The Kier molecular flexibility index (Phi) is 2.70. The summed E-state index contributed by atoms with van der Waals surface area (Å²) >= 11 is 0. The number of imidazole rings is 2. The van der Waals surface area contributed by atoms with Crippen LogP contribution in [0.2, 0.25) is 0 Å². The quantitative estimate of drug-likeness (QED) is 0.765. The third-order valence-corrected chi connectivity index (χ3v) is 3.48. The van der Waals surface area contributed by atoms with Gasteiger partial charge in [-0.15, -0.1) is 0 Å². The summed E-state index contributed by atoms with van der Waals surface area (Å²) in [6.07, 6.45) is 3.69. The first-order valence-corrected chi connectivity index (χ1v) is 6.79. The van der Waals surface area contributed by atoms with Gasteiger partial charge in [0, 0.05) is 31.6 Å². The van der Waals surface area contributed by atoms with Crippen LogP contribution in [0.4, 0.5) is 5.95 Å². The monoisotopic (exact) mass is 285 g/mol. The van der Waals surface area contributed by atoms with Crippen molar-refractivity contribution in [3.05, 3.63) is 30.4 Å². The number of aryl methyl sites for hydroxylation is 1. The smallest absolute Gasteiger partial charge is 0.201 e. The number of hydrogen-bond donors (Lipinski definition) is 2. The minimum absolute atomic E-state index is 0.577. The fraction of sp³-hybridized carbons (Fsp3) is 0.286. The number of benzene rings is 1. The molecule has 0 saturated heterocycles. The topological polar surface area (TPSA) is 77.0 Å². The van der Waals surface area contributed by atoms with Crippen LogP contribution in [0, 0.1) is 0 Å². The maximum atomic E-state index is 5.57. The Bertz CT molecular complexity index is 749. The Balaban J connectivity index is 1.60. The van der Waals surface area contributed by atoms with Crippen molar-refractivity contribution in [1.82, 2.24) is 19.5 Å². The van der Waals surface area contributed by atoms with E-state index >= 15 is 0 Å². The van der Waals surface area contributed by atoms with E-state index in [1.165, 1.54) is 0 Å². The molecule has 1 aromatic carbocycles. The molecule has 0 aliphatic carbocycles. The summed E-state index contributed by atoms with van der Waals surface area (Å²) in [5.41, 5.74) is 1.77. The summed E-state index contributed by atoms with van der Waals surface area (Å²) in [6.45, 7) is 1.76. The molecule has 0 bridgehead atoms. The number of H-pyrrole nitrogens is 1. The van der Waals surface area contributed by atoms with Crippen molar-refractivity contribution in [2.45, 2.75) is 6.54 Å². The van der Waals surface area contributed by atoms with Gasteiger partial charge in [0.05, 0.1) is 17.6 Å². The molecule has 108 valence electrons. The SMILES string of the molecule is Cn1ccnc1CNc1nc2cc3c(cc2[nH]1)OCCO3. The van der Waals surface area contributed by atoms with Crippen molar-refractivity contribution in [3.8, 4) is 11.5 Å². The van der Waals surface area contributed by atoms with E-state index in [0.717, 1.165) is 28.4 Å². The van der Waals surface area contributed by atoms with E-state index < -0.39 is 0 Å². The number of hydrogen-bond acceptors (Lipinski definition) is 5. The molecule has 0 saturated carbocycles. The molecule has 21 heavy (non-hydrogen) atoms. The molecule has 1 aliphatic heterocycles. The van der Waals surface area contributed by atoms with Crippen molar-refractivity contribution < 1.29 is 9.47 Å². The first-order chi connectivity index (χ1) is 10.3. The second-order valence-corrected chi connectivity index (χ2v) is 4.91. The molecule has 3 heterocycles. The van der Waals surface area contributed by atoms with Gasteiger partial charge in [-0.25, -0.2) is 9.97 Å². The van der Waals surface area contributed by atoms with Gasteiger partial charge in [-0.3, -0.25) is 0 Å². The Hall–Kier alpha value is -2.70. The van der Waals surface area contributed by atoms with Crippen LogP contribution in [-0.2, 0) is 13.6 Å². The van der Waals surface area contributed by atoms with E-state index in [4.69, 9.17) is 9.47 Å². The molecule has 4 rings (SSSR count). The van der Waals surface area contributed by atoms with E-state index in [2.05, 4.69) is 20.3 Å². The number of nitrogens with zero attached hydrogens (tertiary/aromatic N) is 3. The highest BCUT2D eigenvalue weighted by Crippen LogP contribution is 2.34. The van der Waals surface area contributed by atoms with Gasteiger partial charge < -0.3 is 24.3 Å². The molecule has 0 unspecified atom stereocenters. The molecular weight excluding hydrogens is 270 g/mol. The zero-order valence-corrected chi connectivity index (χ0v) is 11.6. The lowest BCUT2D eigenvalue weighted by Crippen LogP contribution is -2.15. The third-order valence-electron chi connectivity index (χ3n) is 3.48. The summed E-state index contributed by atoms with van der Waals surface area (Å²) < 4.78 is 13.1. The average molecular weight is 285 g/mol. The van der Waals surface area contributed by atoms with Gasteiger partial charge in [0.25, 0.3) is 0 Å². The van der Waals surface area contributed by atoms with Gasteiger partial charge in [-0.05, 0) is 0 Å². The van der Waals surface area contributed by atoms with Gasteiger partial charge in [0.1, 0.15) is 19.0 Å². The Morgan fingerprint density at radius 3 is 2.86 bits per heavy atom.